The second-order valence-electron chi connectivity index (χ2n) is 20.1. The Hall–Kier alpha value is -6.60. The maximum absolute atomic E-state index is 13.1. The summed E-state index contributed by atoms with van der Waals surface area (Å²) in [7, 11) is 0. The molecule has 0 fully saturated rings. The fourth-order valence-electron chi connectivity index (χ4n) is 8.88. The minimum absolute atomic E-state index is 0. The van der Waals surface area contributed by atoms with Crippen molar-refractivity contribution in [1.82, 2.24) is 14.5 Å². The predicted molar refractivity (Wildman–Crippen MR) is 282 cm³/mol. The number of rotatable bonds is 9. The summed E-state index contributed by atoms with van der Waals surface area (Å²) in [5, 5.41) is 2.19. The van der Waals surface area contributed by atoms with Crippen molar-refractivity contribution >= 4 is 33.0 Å². The molecule has 0 aliphatic carbocycles. The second-order valence-corrected chi connectivity index (χ2v) is 20.1. The quantitative estimate of drug-likeness (QED) is 0.135. The number of nitrogens with zero attached hydrogens (tertiary/aromatic N) is 3. The molecule has 0 amide bonds. The van der Waals surface area contributed by atoms with Gasteiger partial charge in [0.25, 0.3) is 0 Å². The Morgan fingerprint density at radius 3 is 1.90 bits per heavy atom. The molecule has 0 atom stereocenters. The number of imidazole rings is 1. The van der Waals surface area contributed by atoms with Gasteiger partial charge in [0.05, 0.1) is 27.9 Å². The van der Waals surface area contributed by atoms with Gasteiger partial charge in [-0.25, -0.2) is 0 Å². The summed E-state index contributed by atoms with van der Waals surface area (Å²) in [5.41, 5.74) is 13.2. The van der Waals surface area contributed by atoms with Crippen molar-refractivity contribution in [1.29, 1.82) is 0 Å². The van der Waals surface area contributed by atoms with Crippen molar-refractivity contribution in [3.05, 3.63) is 198 Å². The first-order chi connectivity index (χ1) is 34.2. The molecule has 1 radical (unpaired) electrons. The average molecular weight is 1120 g/mol. The molecule has 363 valence electrons. The minimum Gasteiger partial charge on any atom is -0.501 e. The third-order valence-electron chi connectivity index (χ3n) is 13.0. The van der Waals surface area contributed by atoms with Crippen molar-refractivity contribution in [2.24, 2.45) is 5.41 Å². The molecule has 0 aliphatic heterocycles. The number of hydrogen-bond acceptors (Lipinski definition) is 3. The number of furan rings is 1. The Morgan fingerprint density at radius 2 is 1.30 bits per heavy atom. The van der Waals surface area contributed by atoms with Gasteiger partial charge in [0.2, 0.25) is 0 Å². The summed E-state index contributed by atoms with van der Waals surface area (Å²) >= 11 is 0. The molecule has 10 aromatic rings. The normalized spacial score (nSPS) is 12.8. The fourth-order valence-corrected chi connectivity index (χ4v) is 8.88. The zero-order valence-electron chi connectivity index (χ0n) is 43.5. The first-order valence-electron chi connectivity index (χ1n) is 24.9. The molecule has 0 bridgehead atoms. The van der Waals surface area contributed by atoms with Crippen LogP contribution in [0.5, 0.6) is 0 Å². The molecule has 7 aromatic carbocycles. The van der Waals surface area contributed by atoms with E-state index >= 15 is 0 Å². The number of aromatic nitrogens is 3. The molecule has 0 saturated carbocycles. The van der Waals surface area contributed by atoms with Crippen LogP contribution in [0.25, 0.3) is 83.6 Å². The van der Waals surface area contributed by atoms with E-state index in [2.05, 4.69) is 185 Å². The van der Waals surface area contributed by atoms with Crippen LogP contribution in [-0.2, 0) is 31.9 Å². The number of pyridine rings is 1. The average Bonchev–Trinajstić information content (AvgIpc) is 3.94. The van der Waals surface area contributed by atoms with Gasteiger partial charge in [-0.1, -0.05) is 164 Å². The Morgan fingerprint density at radius 1 is 0.662 bits per heavy atom. The van der Waals surface area contributed by atoms with Crippen LogP contribution in [0.2, 0.25) is 0 Å². The van der Waals surface area contributed by atoms with E-state index in [0.29, 0.717) is 11.3 Å². The van der Waals surface area contributed by atoms with Crippen molar-refractivity contribution in [3.8, 4) is 50.6 Å². The van der Waals surface area contributed by atoms with Crippen molar-refractivity contribution < 1.29 is 40.4 Å². The molecule has 0 aliphatic rings. The van der Waals surface area contributed by atoms with E-state index in [1.807, 2.05) is 6.07 Å². The second kappa shape index (κ2) is 20.3. The van der Waals surface area contributed by atoms with Crippen LogP contribution in [0.3, 0.4) is 0 Å². The van der Waals surface area contributed by atoms with Crippen LogP contribution in [0.1, 0.15) is 99.1 Å². The monoisotopic (exact) mass is 1120 g/mol. The Balaban J connectivity index is 0.000000260. The van der Waals surface area contributed by atoms with E-state index in [0.717, 1.165) is 58.2 Å². The molecule has 0 spiro atoms. The van der Waals surface area contributed by atoms with E-state index < -0.39 is 18.0 Å². The fraction of sp³-hybridized carbons (Fsp3) is 0.238. The third-order valence-corrected chi connectivity index (χ3v) is 13.0. The largest absolute Gasteiger partial charge is 0.501 e. The molecule has 0 saturated heterocycles. The smallest absolute Gasteiger partial charge is 0.393 e. The number of alkyl halides is 3. The van der Waals surface area contributed by atoms with Crippen LogP contribution in [0.4, 0.5) is 13.2 Å². The Bertz CT molecular complexity index is 3510. The third kappa shape index (κ3) is 10.4. The number of benzene rings is 7. The van der Waals surface area contributed by atoms with Crippen LogP contribution in [0.15, 0.2) is 168 Å². The summed E-state index contributed by atoms with van der Waals surface area (Å²) in [6.07, 6.45) is -5.62. The molecule has 0 unspecified atom stereocenters. The molecule has 3 heterocycles. The van der Waals surface area contributed by atoms with Gasteiger partial charge in [0.1, 0.15) is 5.58 Å². The van der Waals surface area contributed by atoms with Gasteiger partial charge in [0, 0.05) is 40.1 Å². The first-order valence-corrected chi connectivity index (χ1v) is 23.9. The summed E-state index contributed by atoms with van der Waals surface area (Å²) in [6, 6.07) is 59.4. The van der Waals surface area contributed by atoms with E-state index in [1.54, 1.807) is 24.4 Å². The molecule has 3 aromatic heterocycles. The summed E-state index contributed by atoms with van der Waals surface area (Å²) in [5.74, 6) is 1.37. The zero-order chi connectivity index (χ0) is 51.3. The first kappa shape index (κ1) is 48.0. The molecule has 10 rings (SSSR count). The van der Waals surface area contributed by atoms with E-state index in [1.165, 1.54) is 62.8 Å². The van der Waals surface area contributed by atoms with Gasteiger partial charge in [0.15, 0.2) is 0 Å². The molecule has 4 nitrogen and oxygen atoms in total. The number of para-hydroxylation sites is 2. The Labute approximate surface area is 432 Å². The number of halogens is 3. The van der Waals surface area contributed by atoms with E-state index in [-0.39, 0.29) is 42.9 Å². The maximum Gasteiger partial charge on any atom is 0.393 e. The maximum atomic E-state index is 13.1. The van der Waals surface area contributed by atoms with Gasteiger partial charge in [-0.05, 0) is 105 Å². The van der Waals surface area contributed by atoms with E-state index in [9.17, 15) is 13.2 Å². The van der Waals surface area contributed by atoms with Gasteiger partial charge < -0.3 is 14.0 Å². The van der Waals surface area contributed by atoms with Crippen LogP contribution in [0, 0.1) is 17.5 Å². The molecule has 71 heavy (non-hydrogen) atoms. The van der Waals surface area contributed by atoms with Gasteiger partial charge in [-0.3, -0.25) is 4.98 Å². The topological polar surface area (TPSA) is 43.9 Å². The van der Waals surface area contributed by atoms with Gasteiger partial charge in [-0.15, -0.1) is 53.6 Å². The van der Waals surface area contributed by atoms with Crippen molar-refractivity contribution in [2.75, 3.05) is 0 Å². The van der Waals surface area contributed by atoms with Crippen molar-refractivity contribution in [3.63, 3.8) is 0 Å². The minimum atomic E-state index is -4.66. The SMILES string of the molecule is CC(C)c1cc(-c2ccc(-c3ccccc3)cc2)cc(C(C)C)c1-n1c(-c2[c-]ccc3c2oc2cc(C(C)(C)C)ccc23)nc2ccccc21.[2H]C([2H])(c1c[c-]c(-c2ccccn2)cc1)C(C)(C)C(F)(F)F.[Ir]. The predicted octanol–water partition coefficient (Wildman–Crippen LogP) is 17.9. The van der Waals surface area contributed by atoms with Gasteiger partial charge >= 0.3 is 6.18 Å². The number of hydrogen-bond donors (Lipinski definition) is 0. The standard InChI is InChI=1S/C47H43N2O.C16H15F3N.Ir/c1-29(2)39-26-34(33-22-20-32(21-23-33)31-14-9-8-10-15-31)27-40(30(3)4)44(39)49-42-19-12-11-18-41(42)48-46(49)38-17-13-16-37-36-25-24-35(47(5,6)7)28-43(36)50-45(37)38;1-15(2,16(17,18)19)11-12-6-8-13(9-7-12)14-5-3-4-10-20-14;/h8-16,18-30H,1-7H3;3-8,10H,11H2,1-2H3;/q2*-1;/i;11D2;. The molecule has 8 heteroatoms. The molecule has 0 N–H and O–H groups in total. The number of fused-ring (bicyclic) bond motifs is 4. The van der Waals surface area contributed by atoms with Gasteiger partial charge in [-0.2, -0.15) is 13.2 Å². The van der Waals surface area contributed by atoms with Crippen molar-refractivity contribution in [2.45, 2.75) is 92.1 Å². The van der Waals surface area contributed by atoms with Crippen LogP contribution >= 0.6 is 0 Å². The zero-order valence-corrected chi connectivity index (χ0v) is 43.9. The molecular formula is C63H58F3IrN3O-2. The molecular weight excluding hydrogens is 1060 g/mol. The summed E-state index contributed by atoms with van der Waals surface area (Å²) < 4.78 is 64.2. The van der Waals surface area contributed by atoms with Crippen LogP contribution < -0.4 is 0 Å². The van der Waals surface area contributed by atoms with E-state index in [4.69, 9.17) is 12.1 Å². The Kier molecular flexibility index (Phi) is 13.7. The summed E-state index contributed by atoms with van der Waals surface area (Å²) in [6.45, 7) is 17.6. The summed E-state index contributed by atoms with van der Waals surface area (Å²) in [4.78, 5) is 9.45. The van der Waals surface area contributed by atoms with Crippen LogP contribution in [-0.4, -0.2) is 20.7 Å².